The summed E-state index contributed by atoms with van der Waals surface area (Å²) in [5, 5.41) is 2.92. The van der Waals surface area contributed by atoms with Gasteiger partial charge in [-0.05, 0) is 47.1 Å². The van der Waals surface area contributed by atoms with Crippen LogP contribution in [0.3, 0.4) is 0 Å². The van der Waals surface area contributed by atoms with Crippen LogP contribution in [0.5, 0.6) is 0 Å². The Balaban J connectivity index is 3.56. The Kier molecular flexibility index (Phi) is 7.95. The van der Waals surface area contributed by atoms with Crippen molar-refractivity contribution in [3.63, 3.8) is 0 Å². The molecule has 0 aromatic rings. The molecule has 0 aromatic carbocycles. The van der Waals surface area contributed by atoms with Crippen LogP contribution in [0.15, 0.2) is 0 Å². The van der Waals surface area contributed by atoms with Crippen molar-refractivity contribution in [3.05, 3.63) is 0 Å². The monoisotopic (exact) mass is 237 g/mol. The standard InChI is InChI=1S/C9H23N3O2S/c1-10-6-5-9-15(13,14)11-7-4-8-12(2)3/h10-11H,4-9H2,1-3H3. The summed E-state index contributed by atoms with van der Waals surface area (Å²) in [6.45, 7) is 2.16. The van der Waals surface area contributed by atoms with E-state index in [1.807, 2.05) is 26.0 Å². The van der Waals surface area contributed by atoms with Crippen LogP contribution in [0, 0.1) is 0 Å². The quantitative estimate of drug-likeness (QED) is 0.529. The van der Waals surface area contributed by atoms with Crippen LogP contribution in [-0.2, 0) is 10.0 Å². The Labute approximate surface area is 93.3 Å². The maximum absolute atomic E-state index is 11.4. The first-order valence-electron chi connectivity index (χ1n) is 5.24. The normalized spacial score (nSPS) is 12.3. The van der Waals surface area contributed by atoms with Gasteiger partial charge in [0.05, 0.1) is 5.75 Å². The summed E-state index contributed by atoms with van der Waals surface area (Å²) in [5.74, 6) is 0.204. The number of hydrogen-bond donors (Lipinski definition) is 2. The average molecular weight is 237 g/mol. The molecule has 0 spiro atoms. The molecule has 2 N–H and O–H groups in total. The van der Waals surface area contributed by atoms with E-state index in [4.69, 9.17) is 0 Å². The second kappa shape index (κ2) is 8.04. The van der Waals surface area contributed by atoms with Crippen molar-refractivity contribution in [1.29, 1.82) is 0 Å². The van der Waals surface area contributed by atoms with Gasteiger partial charge in [-0.3, -0.25) is 0 Å². The van der Waals surface area contributed by atoms with Gasteiger partial charge < -0.3 is 10.2 Å². The van der Waals surface area contributed by atoms with E-state index in [1.54, 1.807) is 0 Å². The summed E-state index contributed by atoms with van der Waals surface area (Å²) in [5.41, 5.74) is 0. The molecule has 0 amide bonds. The number of nitrogens with one attached hydrogen (secondary N) is 2. The lowest BCUT2D eigenvalue weighted by Crippen LogP contribution is -2.30. The van der Waals surface area contributed by atoms with Crippen molar-refractivity contribution in [1.82, 2.24) is 14.9 Å². The predicted molar refractivity (Wildman–Crippen MR) is 63.5 cm³/mol. The highest BCUT2D eigenvalue weighted by Crippen LogP contribution is 1.90. The maximum atomic E-state index is 11.4. The van der Waals surface area contributed by atoms with Crippen LogP contribution in [-0.4, -0.2) is 59.8 Å². The highest BCUT2D eigenvalue weighted by molar-refractivity contribution is 7.89. The van der Waals surface area contributed by atoms with E-state index in [-0.39, 0.29) is 5.75 Å². The summed E-state index contributed by atoms with van der Waals surface area (Å²) in [7, 11) is 2.70. The van der Waals surface area contributed by atoms with Gasteiger partial charge >= 0.3 is 0 Å². The Morgan fingerprint density at radius 3 is 2.33 bits per heavy atom. The molecule has 0 aliphatic heterocycles. The van der Waals surface area contributed by atoms with Gasteiger partial charge in [0.1, 0.15) is 0 Å². The first-order valence-corrected chi connectivity index (χ1v) is 6.90. The zero-order chi connectivity index (χ0) is 11.7. The van der Waals surface area contributed by atoms with Gasteiger partial charge in [0.25, 0.3) is 0 Å². The minimum atomic E-state index is -3.06. The van der Waals surface area contributed by atoms with Gasteiger partial charge in [-0.15, -0.1) is 0 Å². The summed E-state index contributed by atoms with van der Waals surface area (Å²) in [6.07, 6.45) is 1.50. The fourth-order valence-corrected chi connectivity index (χ4v) is 2.26. The Morgan fingerprint density at radius 1 is 1.13 bits per heavy atom. The highest BCUT2D eigenvalue weighted by atomic mass is 32.2. The number of nitrogens with zero attached hydrogens (tertiary/aromatic N) is 1. The molecule has 5 nitrogen and oxygen atoms in total. The minimum absolute atomic E-state index is 0.204. The maximum Gasteiger partial charge on any atom is 0.211 e. The fraction of sp³-hybridized carbons (Fsp3) is 1.00. The number of hydrogen-bond acceptors (Lipinski definition) is 4. The molecule has 0 atom stereocenters. The first-order chi connectivity index (χ1) is 6.98. The van der Waals surface area contributed by atoms with Crippen molar-refractivity contribution >= 4 is 10.0 Å². The lowest BCUT2D eigenvalue weighted by molar-refractivity contribution is 0.400. The Morgan fingerprint density at radius 2 is 1.80 bits per heavy atom. The van der Waals surface area contributed by atoms with Gasteiger partial charge in [-0.1, -0.05) is 0 Å². The Bertz CT molecular complexity index is 240. The molecular weight excluding hydrogens is 214 g/mol. The zero-order valence-electron chi connectivity index (χ0n) is 9.91. The van der Waals surface area contributed by atoms with Crippen LogP contribution >= 0.6 is 0 Å². The summed E-state index contributed by atoms with van der Waals surface area (Å²) < 4.78 is 25.4. The fourth-order valence-electron chi connectivity index (χ4n) is 1.13. The van der Waals surface area contributed by atoms with Crippen molar-refractivity contribution in [2.24, 2.45) is 0 Å². The lowest BCUT2D eigenvalue weighted by Gasteiger charge is -2.10. The van der Waals surface area contributed by atoms with E-state index < -0.39 is 10.0 Å². The second-order valence-electron chi connectivity index (χ2n) is 3.83. The van der Waals surface area contributed by atoms with Gasteiger partial charge in [-0.2, -0.15) is 0 Å². The van der Waals surface area contributed by atoms with Crippen LogP contribution in [0.4, 0.5) is 0 Å². The molecule has 0 rings (SSSR count). The molecule has 0 aliphatic rings. The molecule has 0 fully saturated rings. The molecule has 0 saturated carbocycles. The summed E-state index contributed by atoms with van der Waals surface area (Å²) in [6, 6.07) is 0. The highest BCUT2D eigenvalue weighted by Gasteiger charge is 2.07. The van der Waals surface area contributed by atoms with E-state index in [1.165, 1.54) is 0 Å². The smallest absolute Gasteiger partial charge is 0.211 e. The number of rotatable bonds is 9. The van der Waals surface area contributed by atoms with Gasteiger partial charge in [0.2, 0.25) is 10.0 Å². The van der Waals surface area contributed by atoms with E-state index in [2.05, 4.69) is 10.0 Å². The lowest BCUT2D eigenvalue weighted by atomic mass is 10.4. The topological polar surface area (TPSA) is 61.4 Å². The molecule has 0 saturated heterocycles. The largest absolute Gasteiger partial charge is 0.320 e. The predicted octanol–water partition coefficient (Wildman–Crippen LogP) is -0.533. The van der Waals surface area contributed by atoms with Gasteiger partial charge in [0.15, 0.2) is 0 Å². The van der Waals surface area contributed by atoms with Gasteiger partial charge in [-0.25, -0.2) is 13.1 Å². The third kappa shape index (κ3) is 10.1. The van der Waals surface area contributed by atoms with Gasteiger partial charge in [0, 0.05) is 6.54 Å². The molecular formula is C9H23N3O2S. The van der Waals surface area contributed by atoms with Crippen molar-refractivity contribution in [2.75, 3.05) is 46.5 Å². The molecule has 0 bridgehead atoms. The molecule has 6 heteroatoms. The molecule has 0 unspecified atom stereocenters. The van der Waals surface area contributed by atoms with Crippen molar-refractivity contribution in [2.45, 2.75) is 12.8 Å². The minimum Gasteiger partial charge on any atom is -0.320 e. The molecule has 0 heterocycles. The Hall–Kier alpha value is -0.170. The summed E-state index contributed by atoms with van der Waals surface area (Å²) in [4.78, 5) is 2.04. The van der Waals surface area contributed by atoms with Crippen molar-refractivity contribution in [3.8, 4) is 0 Å². The molecule has 0 aliphatic carbocycles. The molecule has 92 valence electrons. The van der Waals surface area contributed by atoms with E-state index in [0.717, 1.165) is 19.5 Å². The molecule has 0 radical (unpaired) electrons. The van der Waals surface area contributed by atoms with Crippen LogP contribution in [0.1, 0.15) is 12.8 Å². The molecule has 15 heavy (non-hydrogen) atoms. The van der Waals surface area contributed by atoms with Crippen LogP contribution < -0.4 is 10.0 Å². The SMILES string of the molecule is CNCCCS(=O)(=O)NCCCN(C)C. The van der Waals surface area contributed by atoms with E-state index in [9.17, 15) is 8.42 Å². The van der Waals surface area contributed by atoms with E-state index in [0.29, 0.717) is 13.0 Å². The molecule has 0 aromatic heterocycles. The van der Waals surface area contributed by atoms with Crippen LogP contribution in [0.2, 0.25) is 0 Å². The third-order valence-electron chi connectivity index (χ3n) is 1.94. The first kappa shape index (κ1) is 14.8. The average Bonchev–Trinajstić information content (AvgIpc) is 2.13. The third-order valence-corrected chi connectivity index (χ3v) is 3.41. The second-order valence-corrected chi connectivity index (χ2v) is 5.75. The summed E-state index contributed by atoms with van der Waals surface area (Å²) >= 11 is 0. The number of sulfonamides is 1. The van der Waals surface area contributed by atoms with E-state index >= 15 is 0 Å². The van der Waals surface area contributed by atoms with Crippen LogP contribution in [0.25, 0.3) is 0 Å². The van der Waals surface area contributed by atoms with Crippen molar-refractivity contribution < 1.29 is 8.42 Å². The zero-order valence-corrected chi connectivity index (χ0v) is 10.7.